The molecule has 1 aliphatic carbocycles. The number of halogens is 1. The Labute approximate surface area is 218 Å². The van der Waals surface area contributed by atoms with Gasteiger partial charge in [-0.15, -0.1) is 12.4 Å². The molecule has 0 bridgehead atoms. The number of carboxylic acid groups (broad SMARTS) is 1. The summed E-state index contributed by atoms with van der Waals surface area (Å²) in [6, 6.07) is -1.96. The topological polar surface area (TPSA) is 146 Å². The minimum Gasteiger partial charge on any atom is -0.480 e. The molecule has 2 saturated heterocycles. The standard InChI is InChI=1S/C24H40N4O7.ClH/c1-24(26-13-17-7-2-3-8-17)16-35-12-5-4-11-34-15-18(22(31)32)27-21(30)19-9-6-10-28(19)20(29)14-25-23(24)33;/h17-19,26H,2-16H2,1H3,(H,25,33)(H,27,30)(H,31,32);1H/t18-,19-,24+;/m0./s1. The smallest absolute Gasteiger partial charge is 0.328 e. The predicted octanol–water partition coefficient (Wildman–Crippen LogP) is 0.450. The SMILES string of the molecule is C[C@@]1(NCC2CCCC2)COCCCCOC[C@@H](C(=O)O)NC(=O)[C@@H]2CCCN2C(=O)CNC1=O.Cl. The van der Waals surface area contributed by atoms with Gasteiger partial charge in [-0.1, -0.05) is 12.8 Å². The Morgan fingerprint density at radius 1 is 1.08 bits per heavy atom. The number of nitrogens with one attached hydrogen (secondary N) is 3. The summed E-state index contributed by atoms with van der Waals surface area (Å²) in [6.45, 7) is 3.41. The van der Waals surface area contributed by atoms with Crippen molar-refractivity contribution in [1.82, 2.24) is 20.9 Å². The molecule has 0 aromatic carbocycles. The number of rotatable bonds is 4. The van der Waals surface area contributed by atoms with E-state index < -0.39 is 29.5 Å². The van der Waals surface area contributed by atoms with Gasteiger partial charge in [0.15, 0.2) is 6.04 Å². The number of aliphatic carboxylic acids is 1. The third kappa shape index (κ3) is 8.57. The summed E-state index contributed by atoms with van der Waals surface area (Å²) in [4.78, 5) is 51.8. The molecule has 1 saturated carbocycles. The number of fused-ring (bicyclic) bond motifs is 1. The molecule has 2 heterocycles. The van der Waals surface area contributed by atoms with Crippen molar-refractivity contribution in [3.8, 4) is 0 Å². The Kier molecular flexibility index (Phi) is 12.4. The Morgan fingerprint density at radius 3 is 2.47 bits per heavy atom. The van der Waals surface area contributed by atoms with Crippen LogP contribution in [0.25, 0.3) is 0 Å². The van der Waals surface area contributed by atoms with Crippen molar-refractivity contribution in [2.45, 2.75) is 75.9 Å². The zero-order valence-electron chi connectivity index (χ0n) is 21.1. The highest BCUT2D eigenvalue weighted by Crippen LogP contribution is 2.24. The molecule has 3 amide bonds. The first-order valence-corrected chi connectivity index (χ1v) is 12.8. The van der Waals surface area contributed by atoms with E-state index in [9.17, 15) is 24.3 Å². The molecule has 0 unspecified atom stereocenters. The van der Waals surface area contributed by atoms with Crippen molar-refractivity contribution < 1.29 is 33.8 Å². The number of carbonyl (C=O) groups excluding carboxylic acids is 3. The second-order valence-corrected chi connectivity index (χ2v) is 10.0. The number of carbonyl (C=O) groups is 4. The Hall–Kier alpha value is -1.95. The Bertz CT molecular complexity index is 765. The molecule has 0 spiro atoms. The van der Waals surface area contributed by atoms with Gasteiger partial charge in [-0.3, -0.25) is 14.4 Å². The van der Waals surface area contributed by atoms with Crippen LogP contribution in [-0.2, 0) is 28.7 Å². The summed E-state index contributed by atoms with van der Waals surface area (Å²) in [6.07, 6.45) is 7.11. The molecule has 4 N–H and O–H groups in total. The van der Waals surface area contributed by atoms with Gasteiger partial charge in [-0.05, 0) is 57.9 Å². The van der Waals surface area contributed by atoms with E-state index in [4.69, 9.17) is 9.47 Å². The summed E-state index contributed by atoms with van der Waals surface area (Å²) >= 11 is 0. The van der Waals surface area contributed by atoms with Gasteiger partial charge in [0.2, 0.25) is 17.7 Å². The van der Waals surface area contributed by atoms with Crippen LogP contribution in [0.3, 0.4) is 0 Å². The lowest BCUT2D eigenvalue weighted by Crippen LogP contribution is -2.60. The molecule has 0 radical (unpaired) electrons. The summed E-state index contributed by atoms with van der Waals surface area (Å²) < 4.78 is 11.3. The number of ether oxygens (including phenoxy) is 2. The molecule has 2 aliphatic heterocycles. The number of carboxylic acids is 1. The maximum absolute atomic E-state index is 13.2. The highest BCUT2D eigenvalue weighted by molar-refractivity contribution is 5.93. The van der Waals surface area contributed by atoms with Crippen LogP contribution in [0.1, 0.15) is 58.3 Å². The number of hydrogen-bond acceptors (Lipinski definition) is 7. The van der Waals surface area contributed by atoms with E-state index in [0.29, 0.717) is 57.9 Å². The fourth-order valence-corrected chi connectivity index (χ4v) is 4.90. The quantitative estimate of drug-likeness (QED) is 0.408. The van der Waals surface area contributed by atoms with E-state index in [1.54, 1.807) is 6.92 Å². The molecule has 36 heavy (non-hydrogen) atoms. The van der Waals surface area contributed by atoms with Crippen LogP contribution in [0, 0.1) is 5.92 Å². The normalized spacial score (nSPS) is 29.9. The largest absolute Gasteiger partial charge is 0.480 e. The number of amides is 3. The third-order valence-corrected chi connectivity index (χ3v) is 7.15. The molecule has 206 valence electrons. The predicted molar refractivity (Wildman–Crippen MR) is 134 cm³/mol. The zero-order chi connectivity index (χ0) is 25.3. The van der Waals surface area contributed by atoms with E-state index in [-0.39, 0.29) is 44.0 Å². The number of hydrogen-bond donors (Lipinski definition) is 4. The molecule has 3 atom stereocenters. The van der Waals surface area contributed by atoms with E-state index in [1.165, 1.54) is 17.7 Å². The van der Waals surface area contributed by atoms with Crippen LogP contribution in [-0.4, -0.2) is 97.4 Å². The van der Waals surface area contributed by atoms with Gasteiger partial charge in [-0.2, -0.15) is 0 Å². The molecular weight excluding hydrogens is 492 g/mol. The van der Waals surface area contributed by atoms with E-state index in [0.717, 1.165) is 12.8 Å². The van der Waals surface area contributed by atoms with E-state index >= 15 is 0 Å². The Balaban J connectivity index is 0.00000456. The molecule has 0 aromatic rings. The second-order valence-electron chi connectivity index (χ2n) is 10.0. The molecule has 3 aliphatic rings. The first-order valence-electron chi connectivity index (χ1n) is 12.8. The third-order valence-electron chi connectivity index (χ3n) is 7.15. The lowest BCUT2D eigenvalue weighted by atomic mass is 10.00. The Morgan fingerprint density at radius 2 is 1.78 bits per heavy atom. The fourth-order valence-electron chi connectivity index (χ4n) is 4.90. The molecular formula is C24H41ClN4O7. The highest BCUT2D eigenvalue weighted by Gasteiger charge is 2.38. The van der Waals surface area contributed by atoms with Crippen LogP contribution >= 0.6 is 12.4 Å². The van der Waals surface area contributed by atoms with Crippen molar-refractivity contribution in [1.29, 1.82) is 0 Å². The van der Waals surface area contributed by atoms with Gasteiger partial charge in [-0.25, -0.2) is 4.79 Å². The van der Waals surface area contributed by atoms with Gasteiger partial charge in [0.25, 0.3) is 0 Å². The first-order chi connectivity index (χ1) is 16.8. The summed E-state index contributed by atoms with van der Waals surface area (Å²) in [5.41, 5.74) is -0.985. The van der Waals surface area contributed by atoms with Crippen LogP contribution < -0.4 is 16.0 Å². The van der Waals surface area contributed by atoms with Crippen LogP contribution in [0.5, 0.6) is 0 Å². The average molecular weight is 533 g/mol. The van der Waals surface area contributed by atoms with Gasteiger partial charge >= 0.3 is 5.97 Å². The van der Waals surface area contributed by atoms with Crippen LogP contribution in [0.2, 0.25) is 0 Å². The van der Waals surface area contributed by atoms with E-state index in [1.807, 2.05) is 0 Å². The average Bonchev–Trinajstić information content (AvgIpc) is 3.53. The maximum atomic E-state index is 13.2. The molecule has 0 aromatic heterocycles. The molecule has 12 heteroatoms. The summed E-state index contributed by atoms with van der Waals surface area (Å²) in [5.74, 6) is -1.87. The summed E-state index contributed by atoms with van der Waals surface area (Å²) in [7, 11) is 0. The van der Waals surface area contributed by atoms with Crippen molar-refractivity contribution in [3.63, 3.8) is 0 Å². The molecule has 3 rings (SSSR count). The fraction of sp³-hybridized carbons (Fsp3) is 0.833. The molecule has 3 fully saturated rings. The lowest BCUT2D eigenvalue weighted by Gasteiger charge is -2.31. The van der Waals surface area contributed by atoms with Gasteiger partial charge in [0.05, 0.1) is 19.8 Å². The van der Waals surface area contributed by atoms with Crippen molar-refractivity contribution in [2.75, 3.05) is 46.1 Å². The zero-order valence-corrected chi connectivity index (χ0v) is 21.9. The monoisotopic (exact) mass is 532 g/mol. The van der Waals surface area contributed by atoms with Crippen molar-refractivity contribution in [3.05, 3.63) is 0 Å². The van der Waals surface area contributed by atoms with Crippen LogP contribution in [0.15, 0.2) is 0 Å². The minimum absolute atomic E-state index is 0. The first kappa shape index (κ1) is 30.3. The van der Waals surface area contributed by atoms with Gasteiger partial charge < -0.3 is 35.4 Å². The van der Waals surface area contributed by atoms with Crippen molar-refractivity contribution >= 4 is 36.1 Å². The number of nitrogens with zero attached hydrogens (tertiary/aromatic N) is 1. The highest BCUT2D eigenvalue weighted by atomic mass is 35.5. The summed E-state index contributed by atoms with van der Waals surface area (Å²) in [5, 5.41) is 18.1. The van der Waals surface area contributed by atoms with Gasteiger partial charge in [0, 0.05) is 19.8 Å². The molecule has 11 nitrogen and oxygen atoms in total. The van der Waals surface area contributed by atoms with Crippen LogP contribution in [0.4, 0.5) is 0 Å². The second kappa shape index (κ2) is 14.7. The van der Waals surface area contributed by atoms with E-state index in [2.05, 4.69) is 16.0 Å². The minimum atomic E-state index is -1.19. The lowest BCUT2D eigenvalue weighted by molar-refractivity contribution is -0.145. The maximum Gasteiger partial charge on any atom is 0.328 e. The van der Waals surface area contributed by atoms with Gasteiger partial charge in [0.1, 0.15) is 11.6 Å². The van der Waals surface area contributed by atoms with Crippen molar-refractivity contribution in [2.24, 2.45) is 5.92 Å².